The average molecular weight is 333 g/mol. The monoisotopic (exact) mass is 333 g/mol. The second-order valence-corrected chi connectivity index (χ2v) is 6.52. The fraction of sp³-hybridized carbons (Fsp3) is 0.250. The zero-order valence-electron chi connectivity index (χ0n) is 14.3. The Balaban J connectivity index is 1.60. The Morgan fingerprint density at radius 3 is 2.84 bits per heavy atom. The van der Waals surface area contributed by atoms with Gasteiger partial charge in [0, 0.05) is 17.7 Å². The van der Waals surface area contributed by atoms with Crippen LogP contribution in [0.15, 0.2) is 53.3 Å². The molecule has 2 aromatic carbocycles. The first-order valence-electron chi connectivity index (χ1n) is 8.39. The number of aromatic nitrogens is 2. The quantitative estimate of drug-likeness (QED) is 0.727. The molecule has 0 bridgehead atoms. The molecule has 0 aliphatic carbocycles. The van der Waals surface area contributed by atoms with Gasteiger partial charge in [0.1, 0.15) is 0 Å². The predicted octanol–water partition coefficient (Wildman–Crippen LogP) is 3.88. The van der Waals surface area contributed by atoms with Crippen LogP contribution in [0.25, 0.3) is 0 Å². The van der Waals surface area contributed by atoms with E-state index in [0.29, 0.717) is 18.9 Å². The van der Waals surface area contributed by atoms with Crippen molar-refractivity contribution >= 4 is 11.6 Å². The summed E-state index contributed by atoms with van der Waals surface area (Å²) in [7, 11) is 0. The van der Waals surface area contributed by atoms with Crippen LogP contribution in [0, 0.1) is 6.92 Å². The van der Waals surface area contributed by atoms with Crippen molar-refractivity contribution in [3.05, 3.63) is 77.0 Å². The standard InChI is InChI=1S/C20H19N3O2/c1-13-5-3-8-17-18(13)11-23(20(17)24)16-7-4-6-15(10-16)14(2)9-19-22-21-12-25-19/h3-8,10,12,14H,9,11H2,1-2H3/t14-/m1/s1. The third kappa shape index (κ3) is 2.82. The number of amides is 1. The highest BCUT2D eigenvalue weighted by Gasteiger charge is 2.29. The van der Waals surface area contributed by atoms with Crippen LogP contribution in [-0.2, 0) is 13.0 Å². The molecule has 0 unspecified atom stereocenters. The van der Waals surface area contributed by atoms with Gasteiger partial charge in [-0.1, -0.05) is 31.2 Å². The van der Waals surface area contributed by atoms with E-state index in [1.807, 2.05) is 29.2 Å². The maximum absolute atomic E-state index is 12.8. The lowest BCUT2D eigenvalue weighted by Gasteiger charge is -2.18. The Labute approximate surface area is 146 Å². The third-order valence-corrected chi connectivity index (χ3v) is 4.84. The molecule has 4 rings (SSSR count). The number of benzene rings is 2. The molecular weight excluding hydrogens is 314 g/mol. The minimum absolute atomic E-state index is 0.0698. The molecule has 5 heteroatoms. The molecule has 1 aliphatic heterocycles. The number of rotatable bonds is 4. The largest absolute Gasteiger partial charge is 0.428 e. The van der Waals surface area contributed by atoms with Crippen molar-refractivity contribution in [2.24, 2.45) is 0 Å². The molecule has 126 valence electrons. The van der Waals surface area contributed by atoms with Gasteiger partial charge in [-0.2, -0.15) is 0 Å². The van der Waals surface area contributed by atoms with Gasteiger partial charge < -0.3 is 9.32 Å². The number of carbonyl (C=O) groups excluding carboxylic acids is 1. The summed E-state index contributed by atoms with van der Waals surface area (Å²) in [5, 5.41) is 7.67. The first-order chi connectivity index (χ1) is 12.1. The first kappa shape index (κ1) is 15.6. The molecule has 1 amide bonds. The number of hydrogen-bond donors (Lipinski definition) is 0. The molecule has 2 heterocycles. The van der Waals surface area contributed by atoms with Crippen LogP contribution in [0.5, 0.6) is 0 Å². The molecule has 1 aliphatic rings. The molecule has 1 atom stereocenters. The molecule has 1 aromatic heterocycles. The van der Waals surface area contributed by atoms with Crippen molar-refractivity contribution < 1.29 is 9.21 Å². The van der Waals surface area contributed by atoms with Gasteiger partial charge >= 0.3 is 0 Å². The Bertz CT molecular complexity index is 918. The van der Waals surface area contributed by atoms with Crippen molar-refractivity contribution in [2.75, 3.05) is 4.90 Å². The normalized spacial score (nSPS) is 14.6. The highest BCUT2D eigenvalue weighted by molar-refractivity contribution is 6.10. The molecule has 0 fully saturated rings. The van der Waals surface area contributed by atoms with Gasteiger partial charge in [0.25, 0.3) is 5.91 Å². The maximum atomic E-state index is 12.8. The number of nitrogens with zero attached hydrogens (tertiary/aromatic N) is 3. The van der Waals surface area contributed by atoms with E-state index in [1.54, 1.807) is 0 Å². The van der Waals surface area contributed by atoms with E-state index in [9.17, 15) is 4.79 Å². The van der Waals surface area contributed by atoms with E-state index >= 15 is 0 Å². The lowest BCUT2D eigenvalue weighted by molar-refractivity contribution is 0.0996. The zero-order valence-corrected chi connectivity index (χ0v) is 14.3. The van der Waals surface area contributed by atoms with Gasteiger partial charge in [-0.25, -0.2) is 0 Å². The molecule has 0 saturated heterocycles. The van der Waals surface area contributed by atoms with E-state index in [1.165, 1.54) is 6.39 Å². The first-order valence-corrected chi connectivity index (χ1v) is 8.39. The lowest BCUT2D eigenvalue weighted by atomic mass is 9.97. The fourth-order valence-electron chi connectivity index (χ4n) is 3.36. The Kier molecular flexibility index (Phi) is 3.84. The van der Waals surface area contributed by atoms with Gasteiger partial charge in [0.2, 0.25) is 12.3 Å². The third-order valence-electron chi connectivity index (χ3n) is 4.84. The van der Waals surface area contributed by atoms with Crippen LogP contribution in [0.2, 0.25) is 0 Å². The van der Waals surface area contributed by atoms with Gasteiger partial charge in [0.15, 0.2) is 0 Å². The topological polar surface area (TPSA) is 59.2 Å². The summed E-state index contributed by atoms with van der Waals surface area (Å²) in [6.45, 7) is 4.80. The highest BCUT2D eigenvalue weighted by Crippen LogP contribution is 2.32. The SMILES string of the molecule is Cc1cccc2c1CN(c1cccc([C@H](C)Cc3nnco3)c1)C2=O. The Morgan fingerprint density at radius 1 is 1.24 bits per heavy atom. The Morgan fingerprint density at radius 2 is 2.08 bits per heavy atom. The second-order valence-electron chi connectivity index (χ2n) is 6.52. The van der Waals surface area contributed by atoms with E-state index in [2.05, 4.69) is 42.2 Å². The lowest BCUT2D eigenvalue weighted by Crippen LogP contribution is -2.23. The van der Waals surface area contributed by atoms with Crippen LogP contribution in [0.4, 0.5) is 5.69 Å². The van der Waals surface area contributed by atoms with Crippen LogP contribution in [-0.4, -0.2) is 16.1 Å². The number of anilines is 1. The molecular formula is C20H19N3O2. The number of hydrogen-bond acceptors (Lipinski definition) is 4. The van der Waals surface area contributed by atoms with Gasteiger partial charge in [-0.05, 0) is 47.7 Å². The number of carbonyl (C=O) groups is 1. The van der Waals surface area contributed by atoms with Crippen molar-refractivity contribution in [3.8, 4) is 0 Å². The van der Waals surface area contributed by atoms with Crippen LogP contribution in [0.3, 0.4) is 0 Å². The smallest absolute Gasteiger partial charge is 0.258 e. The minimum Gasteiger partial charge on any atom is -0.428 e. The summed E-state index contributed by atoms with van der Waals surface area (Å²) >= 11 is 0. The summed E-state index contributed by atoms with van der Waals surface area (Å²) < 4.78 is 5.24. The van der Waals surface area contributed by atoms with Crippen molar-refractivity contribution in [1.82, 2.24) is 10.2 Å². The number of fused-ring (bicyclic) bond motifs is 1. The second kappa shape index (κ2) is 6.16. The van der Waals surface area contributed by atoms with Crippen LogP contribution >= 0.6 is 0 Å². The summed E-state index contributed by atoms with van der Waals surface area (Å²) in [6, 6.07) is 14.0. The van der Waals surface area contributed by atoms with Crippen LogP contribution in [0.1, 0.15) is 45.8 Å². The fourth-order valence-corrected chi connectivity index (χ4v) is 3.36. The molecule has 0 spiro atoms. The van der Waals surface area contributed by atoms with E-state index in [0.717, 1.165) is 27.9 Å². The highest BCUT2D eigenvalue weighted by atomic mass is 16.4. The van der Waals surface area contributed by atoms with Crippen molar-refractivity contribution in [1.29, 1.82) is 0 Å². The molecule has 0 saturated carbocycles. The molecule has 0 radical (unpaired) electrons. The van der Waals surface area contributed by atoms with Crippen molar-refractivity contribution in [3.63, 3.8) is 0 Å². The molecule has 25 heavy (non-hydrogen) atoms. The summed E-state index contributed by atoms with van der Waals surface area (Å²) in [5.74, 6) is 0.917. The molecule has 0 N–H and O–H groups in total. The van der Waals surface area contributed by atoms with E-state index in [4.69, 9.17) is 4.42 Å². The minimum atomic E-state index is 0.0698. The number of aryl methyl sites for hydroxylation is 1. The van der Waals surface area contributed by atoms with E-state index in [-0.39, 0.29) is 11.8 Å². The Hall–Kier alpha value is -2.95. The van der Waals surface area contributed by atoms with Gasteiger partial charge in [0.05, 0.1) is 6.54 Å². The van der Waals surface area contributed by atoms with Crippen LogP contribution < -0.4 is 4.90 Å². The van der Waals surface area contributed by atoms with Gasteiger partial charge in [-0.3, -0.25) is 4.79 Å². The summed E-state index contributed by atoms with van der Waals surface area (Å²) in [4.78, 5) is 14.6. The maximum Gasteiger partial charge on any atom is 0.258 e. The zero-order chi connectivity index (χ0) is 17.4. The average Bonchev–Trinajstić information content (AvgIpc) is 3.24. The van der Waals surface area contributed by atoms with E-state index < -0.39 is 0 Å². The molecule has 3 aromatic rings. The summed E-state index contributed by atoms with van der Waals surface area (Å²) in [6.07, 6.45) is 2.03. The van der Waals surface area contributed by atoms with Gasteiger partial charge in [-0.15, -0.1) is 10.2 Å². The van der Waals surface area contributed by atoms with Crippen molar-refractivity contribution in [2.45, 2.75) is 32.7 Å². The summed E-state index contributed by atoms with van der Waals surface area (Å²) in [5.41, 5.74) is 5.17. The molecule has 5 nitrogen and oxygen atoms in total. The predicted molar refractivity (Wildman–Crippen MR) is 94.6 cm³/mol.